The molecule has 3 aromatic rings. The Hall–Kier alpha value is -2.87. The molecule has 7 nitrogen and oxygen atoms in total. The van der Waals surface area contributed by atoms with Gasteiger partial charge < -0.3 is 10.4 Å². The van der Waals surface area contributed by atoms with Crippen LogP contribution in [0.25, 0.3) is 5.69 Å². The van der Waals surface area contributed by atoms with Crippen LogP contribution in [-0.2, 0) is 4.79 Å². The van der Waals surface area contributed by atoms with Crippen LogP contribution < -0.4 is 5.32 Å². The minimum absolute atomic E-state index is 0.110. The molecule has 1 heterocycles. The van der Waals surface area contributed by atoms with Crippen molar-refractivity contribution < 1.29 is 9.90 Å². The highest BCUT2D eigenvalue weighted by Crippen LogP contribution is 2.28. The molecule has 0 saturated carbocycles. The molecule has 1 amide bonds. The van der Waals surface area contributed by atoms with E-state index in [4.69, 9.17) is 0 Å². The molecule has 0 bridgehead atoms. The molecule has 0 radical (unpaired) electrons. The van der Waals surface area contributed by atoms with Gasteiger partial charge in [0.05, 0.1) is 10.9 Å². The average molecular weight is 398 g/mol. The molecule has 28 heavy (non-hydrogen) atoms. The molecule has 2 atom stereocenters. The first-order chi connectivity index (χ1) is 13.5. The SMILES string of the molecule is CC[C@H](C)c1ccccc1NC(=O)[C@H](C)Sc1nnnn1-c1ccc(O)cc1. The number of tetrazole rings is 1. The van der Waals surface area contributed by atoms with Crippen LogP contribution in [0.2, 0.25) is 0 Å². The van der Waals surface area contributed by atoms with Gasteiger partial charge in [-0.15, -0.1) is 5.10 Å². The molecule has 1 aromatic heterocycles. The van der Waals surface area contributed by atoms with E-state index in [9.17, 15) is 9.90 Å². The molecule has 0 aliphatic carbocycles. The van der Waals surface area contributed by atoms with Crippen LogP contribution in [0.15, 0.2) is 53.7 Å². The van der Waals surface area contributed by atoms with Gasteiger partial charge in [0.15, 0.2) is 0 Å². The predicted octanol–water partition coefficient (Wildman–Crippen LogP) is 4.00. The van der Waals surface area contributed by atoms with Gasteiger partial charge in [-0.25, -0.2) is 0 Å². The van der Waals surface area contributed by atoms with Crippen molar-refractivity contribution in [3.8, 4) is 11.4 Å². The molecule has 2 N–H and O–H groups in total. The van der Waals surface area contributed by atoms with Crippen molar-refractivity contribution in [2.75, 3.05) is 5.32 Å². The van der Waals surface area contributed by atoms with Gasteiger partial charge in [0.2, 0.25) is 11.1 Å². The number of benzene rings is 2. The minimum atomic E-state index is -0.396. The first kappa shape index (κ1) is 19.9. The predicted molar refractivity (Wildman–Crippen MR) is 110 cm³/mol. The van der Waals surface area contributed by atoms with Gasteiger partial charge in [-0.1, -0.05) is 43.8 Å². The molecule has 0 aliphatic heterocycles. The Balaban J connectivity index is 1.73. The zero-order valence-electron chi connectivity index (χ0n) is 16.0. The summed E-state index contributed by atoms with van der Waals surface area (Å²) < 4.78 is 1.54. The molecule has 8 heteroatoms. The van der Waals surface area contributed by atoms with Crippen LogP contribution in [0.3, 0.4) is 0 Å². The number of amides is 1. The van der Waals surface area contributed by atoms with Gasteiger partial charge in [0, 0.05) is 5.69 Å². The number of aromatic hydroxyl groups is 1. The fourth-order valence-corrected chi connectivity index (χ4v) is 3.52. The topological polar surface area (TPSA) is 92.9 Å². The van der Waals surface area contributed by atoms with E-state index in [0.717, 1.165) is 17.7 Å². The Kier molecular flexibility index (Phi) is 6.30. The van der Waals surface area contributed by atoms with Gasteiger partial charge in [0.1, 0.15) is 5.75 Å². The molecule has 3 rings (SSSR count). The number of aromatic nitrogens is 4. The maximum atomic E-state index is 12.8. The number of nitrogens with zero attached hydrogens (tertiary/aromatic N) is 4. The zero-order chi connectivity index (χ0) is 20.1. The van der Waals surface area contributed by atoms with Crippen LogP contribution in [0, 0.1) is 0 Å². The molecule has 146 valence electrons. The molecule has 2 aromatic carbocycles. The molecular weight excluding hydrogens is 374 g/mol. The third-order valence-electron chi connectivity index (χ3n) is 4.55. The van der Waals surface area contributed by atoms with Crippen LogP contribution in [0.1, 0.15) is 38.7 Å². The normalized spacial score (nSPS) is 13.1. The van der Waals surface area contributed by atoms with E-state index in [0.29, 0.717) is 16.8 Å². The van der Waals surface area contributed by atoms with Crippen LogP contribution in [-0.4, -0.2) is 36.5 Å². The van der Waals surface area contributed by atoms with E-state index in [1.54, 1.807) is 28.9 Å². The van der Waals surface area contributed by atoms with Crippen molar-refractivity contribution in [3.63, 3.8) is 0 Å². The Morgan fingerprint density at radius 3 is 2.61 bits per heavy atom. The van der Waals surface area contributed by atoms with Crippen molar-refractivity contribution in [3.05, 3.63) is 54.1 Å². The highest BCUT2D eigenvalue weighted by Gasteiger charge is 2.20. The zero-order valence-corrected chi connectivity index (χ0v) is 16.8. The van der Waals surface area contributed by atoms with Crippen LogP contribution in [0.5, 0.6) is 5.75 Å². The first-order valence-corrected chi connectivity index (χ1v) is 10.0. The number of rotatable bonds is 7. The number of nitrogens with one attached hydrogen (secondary N) is 1. The van der Waals surface area contributed by atoms with E-state index >= 15 is 0 Å². The molecule has 0 unspecified atom stereocenters. The molecular formula is C20H23N5O2S. The summed E-state index contributed by atoms with van der Waals surface area (Å²) in [5.74, 6) is 0.418. The lowest BCUT2D eigenvalue weighted by Gasteiger charge is -2.17. The molecule has 0 fully saturated rings. The Bertz CT molecular complexity index is 942. The summed E-state index contributed by atoms with van der Waals surface area (Å²) in [6, 6.07) is 14.4. The second kappa shape index (κ2) is 8.88. The fourth-order valence-electron chi connectivity index (χ4n) is 2.71. The molecule has 0 spiro atoms. The summed E-state index contributed by atoms with van der Waals surface area (Å²) in [6.07, 6.45) is 0.999. The summed E-state index contributed by atoms with van der Waals surface area (Å²) >= 11 is 1.28. The Morgan fingerprint density at radius 1 is 1.18 bits per heavy atom. The summed E-state index contributed by atoms with van der Waals surface area (Å²) in [5, 5.41) is 24.3. The van der Waals surface area contributed by atoms with Gasteiger partial charge >= 0.3 is 0 Å². The first-order valence-electron chi connectivity index (χ1n) is 9.13. The number of para-hydroxylation sites is 1. The second-order valence-corrected chi connectivity index (χ2v) is 7.84. The quantitative estimate of drug-likeness (QED) is 0.585. The minimum Gasteiger partial charge on any atom is -0.508 e. The van der Waals surface area contributed by atoms with Gasteiger partial charge in [-0.2, -0.15) is 4.68 Å². The third kappa shape index (κ3) is 4.51. The molecule has 0 saturated heterocycles. The van der Waals surface area contributed by atoms with Gasteiger partial charge in [-0.3, -0.25) is 4.79 Å². The maximum Gasteiger partial charge on any atom is 0.237 e. The summed E-state index contributed by atoms with van der Waals surface area (Å²) in [7, 11) is 0. The van der Waals surface area contributed by atoms with Crippen LogP contribution in [0.4, 0.5) is 5.69 Å². The lowest BCUT2D eigenvalue weighted by atomic mass is 9.97. The van der Waals surface area contributed by atoms with E-state index in [1.165, 1.54) is 11.8 Å². The van der Waals surface area contributed by atoms with Crippen molar-refractivity contribution in [1.29, 1.82) is 0 Å². The van der Waals surface area contributed by atoms with E-state index < -0.39 is 5.25 Å². The third-order valence-corrected chi connectivity index (χ3v) is 5.58. The summed E-state index contributed by atoms with van der Waals surface area (Å²) in [4.78, 5) is 12.8. The van der Waals surface area contributed by atoms with Gasteiger partial charge in [0.25, 0.3) is 0 Å². The van der Waals surface area contributed by atoms with E-state index in [1.807, 2.05) is 31.2 Å². The maximum absolute atomic E-state index is 12.8. The number of carbonyl (C=O) groups is 1. The smallest absolute Gasteiger partial charge is 0.237 e. The van der Waals surface area contributed by atoms with Crippen LogP contribution >= 0.6 is 11.8 Å². The average Bonchev–Trinajstić information content (AvgIpc) is 3.16. The highest BCUT2D eigenvalue weighted by atomic mass is 32.2. The van der Waals surface area contributed by atoms with E-state index in [-0.39, 0.29) is 11.7 Å². The number of phenols is 1. The lowest BCUT2D eigenvalue weighted by Crippen LogP contribution is -2.23. The monoisotopic (exact) mass is 397 g/mol. The standard InChI is InChI=1S/C20H23N5O2S/c1-4-13(2)17-7-5-6-8-18(17)21-19(27)14(3)28-20-22-23-24-25(20)15-9-11-16(26)12-10-15/h5-14,26H,4H2,1-3H3,(H,21,27)/t13-,14-/m0/s1. The van der Waals surface area contributed by atoms with Crippen molar-refractivity contribution in [2.45, 2.75) is 43.5 Å². The number of phenolic OH excluding ortho intramolecular Hbond substituents is 1. The van der Waals surface area contributed by atoms with Crippen molar-refractivity contribution in [2.24, 2.45) is 0 Å². The second-order valence-electron chi connectivity index (χ2n) is 6.54. The number of hydrogen-bond acceptors (Lipinski definition) is 6. The number of hydrogen-bond donors (Lipinski definition) is 2. The number of thioether (sulfide) groups is 1. The largest absolute Gasteiger partial charge is 0.508 e. The van der Waals surface area contributed by atoms with E-state index in [2.05, 4.69) is 34.7 Å². The van der Waals surface area contributed by atoms with Gasteiger partial charge in [-0.05, 0) is 65.6 Å². The molecule has 0 aliphatic rings. The van der Waals surface area contributed by atoms with Crippen molar-refractivity contribution >= 4 is 23.4 Å². The fraction of sp³-hybridized carbons (Fsp3) is 0.300. The Labute approximate surface area is 168 Å². The highest BCUT2D eigenvalue weighted by molar-refractivity contribution is 8.00. The lowest BCUT2D eigenvalue weighted by molar-refractivity contribution is -0.115. The van der Waals surface area contributed by atoms with Crippen molar-refractivity contribution in [1.82, 2.24) is 20.2 Å². The number of anilines is 1. The number of carbonyl (C=O) groups excluding carboxylic acids is 1. The Morgan fingerprint density at radius 2 is 1.89 bits per heavy atom. The summed E-state index contributed by atoms with van der Waals surface area (Å²) in [6.45, 7) is 6.10. The summed E-state index contributed by atoms with van der Waals surface area (Å²) in [5.41, 5.74) is 2.68.